The summed E-state index contributed by atoms with van der Waals surface area (Å²) >= 11 is 1.27. The number of anilines is 1. The molecule has 1 unspecified atom stereocenters. The Bertz CT molecular complexity index is 1150. The summed E-state index contributed by atoms with van der Waals surface area (Å²) < 4.78 is 5.67. The van der Waals surface area contributed by atoms with Crippen LogP contribution in [0.1, 0.15) is 43.0 Å². The molecule has 1 N–H and O–H groups in total. The Kier molecular flexibility index (Phi) is 6.37. The van der Waals surface area contributed by atoms with Gasteiger partial charge in [0.05, 0.1) is 18.2 Å². The Morgan fingerprint density at radius 2 is 1.94 bits per heavy atom. The van der Waals surface area contributed by atoms with Crippen molar-refractivity contribution in [3.63, 3.8) is 0 Å². The lowest BCUT2D eigenvalue weighted by Crippen LogP contribution is -2.29. The molecule has 1 atom stereocenters. The first kappa shape index (κ1) is 21.8. The van der Waals surface area contributed by atoms with Crippen molar-refractivity contribution in [2.75, 3.05) is 11.5 Å². The fourth-order valence-electron chi connectivity index (χ4n) is 3.72. The molecule has 1 amide bonds. The molecule has 7 heteroatoms. The first-order chi connectivity index (χ1) is 15.5. The third-order valence-electron chi connectivity index (χ3n) is 5.35. The van der Waals surface area contributed by atoms with Crippen molar-refractivity contribution in [3.8, 4) is 5.75 Å². The highest BCUT2D eigenvalue weighted by Gasteiger charge is 2.47. The highest BCUT2D eigenvalue weighted by molar-refractivity contribution is 7.14. The number of aryl methyl sites for hydroxylation is 1. The topological polar surface area (TPSA) is 79.7 Å². The summed E-state index contributed by atoms with van der Waals surface area (Å²) in [4.78, 5) is 31.8. The number of thiazole rings is 1. The van der Waals surface area contributed by atoms with E-state index in [2.05, 4.69) is 11.9 Å². The van der Waals surface area contributed by atoms with E-state index in [4.69, 9.17) is 4.74 Å². The third kappa shape index (κ3) is 4.03. The number of amides is 1. The van der Waals surface area contributed by atoms with Gasteiger partial charge in [-0.05, 0) is 36.1 Å². The fraction of sp³-hybridized carbons (Fsp3) is 0.240. The molecule has 6 nitrogen and oxygen atoms in total. The molecule has 0 radical (unpaired) electrons. The zero-order valence-corrected chi connectivity index (χ0v) is 18.8. The average Bonchev–Trinajstić information content (AvgIpc) is 3.44. The van der Waals surface area contributed by atoms with Crippen LogP contribution < -0.4 is 9.64 Å². The van der Waals surface area contributed by atoms with Gasteiger partial charge in [0.15, 0.2) is 5.13 Å². The summed E-state index contributed by atoms with van der Waals surface area (Å²) in [6.07, 6.45) is 3.31. The molecule has 32 heavy (non-hydrogen) atoms. The fourth-order valence-corrected chi connectivity index (χ4v) is 4.39. The Labute approximate surface area is 190 Å². The SMILES string of the molecule is CCCOc1cccc(C(O)=C2C(=O)C(=O)N(c3nccs3)C2c2ccc(CC)cc2)c1. The summed E-state index contributed by atoms with van der Waals surface area (Å²) in [7, 11) is 0. The van der Waals surface area contributed by atoms with Gasteiger partial charge in [-0.15, -0.1) is 11.3 Å². The minimum absolute atomic E-state index is 0.0436. The van der Waals surface area contributed by atoms with E-state index < -0.39 is 17.7 Å². The number of carbonyl (C=O) groups is 2. The van der Waals surface area contributed by atoms with Crippen LogP contribution in [0, 0.1) is 0 Å². The molecule has 0 bridgehead atoms. The molecule has 1 aromatic heterocycles. The van der Waals surface area contributed by atoms with E-state index >= 15 is 0 Å². The standard InChI is InChI=1S/C25H24N2O4S/c1-3-13-31-19-7-5-6-18(15-19)22(28)20-21(17-10-8-16(4-2)9-11-17)27(24(30)23(20)29)25-26-12-14-32-25/h5-12,14-15,21,28H,3-4,13H2,1-2H3. The second kappa shape index (κ2) is 9.36. The van der Waals surface area contributed by atoms with Gasteiger partial charge in [0.2, 0.25) is 0 Å². The smallest absolute Gasteiger partial charge is 0.301 e. The van der Waals surface area contributed by atoms with Crippen molar-refractivity contribution in [3.05, 3.63) is 82.4 Å². The van der Waals surface area contributed by atoms with Crippen LogP contribution in [0.5, 0.6) is 5.75 Å². The lowest BCUT2D eigenvalue weighted by molar-refractivity contribution is -0.132. The molecule has 2 heterocycles. The van der Waals surface area contributed by atoms with Crippen LogP contribution in [-0.4, -0.2) is 28.4 Å². The van der Waals surface area contributed by atoms with E-state index in [-0.39, 0.29) is 11.3 Å². The number of benzene rings is 2. The van der Waals surface area contributed by atoms with Gasteiger partial charge >= 0.3 is 5.91 Å². The number of aliphatic hydroxyl groups is 1. The summed E-state index contributed by atoms with van der Waals surface area (Å²) in [6, 6.07) is 13.9. The molecule has 0 aliphatic carbocycles. The van der Waals surface area contributed by atoms with Gasteiger partial charge in [-0.1, -0.05) is 50.2 Å². The van der Waals surface area contributed by atoms with Crippen LogP contribution in [0.2, 0.25) is 0 Å². The van der Waals surface area contributed by atoms with E-state index in [1.54, 1.807) is 35.8 Å². The normalized spacial score (nSPS) is 17.7. The second-order valence-corrected chi connectivity index (χ2v) is 8.33. The van der Waals surface area contributed by atoms with Gasteiger partial charge < -0.3 is 9.84 Å². The van der Waals surface area contributed by atoms with Crippen LogP contribution in [-0.2, 0) is 16.0 Å². The van der Waals surface area contributed by atoms with Crippen molar-refractivity contribution in [2.45, 2.75) is 32.7 Å². The number of hydrogen-bond acceptors (Lipinski definition) is 6. The van der Waals surface area contributed by atoms with Crippen molar-refractivity contribution < 1.29 is 19.4 Å². The number of aliphatic hydroxyl groups excluding tert-OH is 1. The Hall–Kier alpha value is -3.45. The highest BCUT2D eigenvalue weighted by Crippen LogP contribution is 2.42. The third-order valence-corrected chi connectivity index (χ3v) is 6.12. The number of ketones is 1. The van der Waals surface area contributed by atoms with Crippen molar-refractivity contribution in [1.29, 1.82) is 0 Å². The molecule has 2 aromatic carbocycles. The van der Waals surface area contributed by atoms with Crippen LogP contribution in [0.4, 0.5) is 5.13 Å². The molecule has 0 saturated carbocycles. The predicted octanol–water partition coefficient (Wildman–Crippen LogP) is 5.12. The predicted molar refractivity (Wildman–Crippen MR) is 125 cm³/mol. The molecule has 1 aliphatic rings. The van der Waals surface area contributed by atoms with Gasteiger partial charge in [0.1, 0.15) is 11.5 Å². The van der Waals surface area contributed by atoms with Crippen LogP contribution in [0.3, 0.4) is 0 Å². The first-order valence-electron chi connectivity index (χ1n) is 10.6. The number of nitrogens with zero attached hydrogens (tertiary/aromatic N) is 2. The molecular weight excluding hydrogens is 424 g/mol. The second-order valence-electron chi connectivity index (χ2n) is 7.46. The first-order valence-corrected chi connectivity index (χ1v) is 11.5. The minimum Gasteiger partial charge on any atom is -0.507 e. The molecule has 4 rings (SSSR count). The zero-order valence-electron chi connectivity index (χ0n) is 17.9. The molecular formula is C25H24N2O4S. The highest BCUT2D eigenvalue weighted by atomic mass is 32.1. The van der Waals surface area contributed by atoms with E-state index in [0.29, 0.717) is 23.1 Å². The Morgan fingerprint density at radius 3 is 2.59 bits per heavy atom. The monoisotopic (exact) mass is 448 g/mol. The van der Waals surface area contributed by atoms with Crippen LogP contribution >= 0.6 is 11.3 Å². The van der Waals surface area contributed by atoms with Gasteiger partial charge in [-0.3, -0.25) is 14.5 Å². The average molecular weight is 449 g/mol. The molecule has 164 valence electrons. The van der Waals surface area contributed by atoms with Crippen molar-refractivity contribution in [2.24, 2.45) is 0 Å². The molecule has 0 spiro atoms. The van der Waals surface area contributed by atoms with Gasteiger partial charge in [-0.2, -0.15) is 0 Å². The molecule has 1 fully saturated rings. The zero-order chi connectivity index (χ0) is 22.7. The van der Waals surface area contributed by atoms with Gasteiger partial charge in [-0.25, -0.2) is 4.98 Å². The quantitative estimate of drug-likeness (QED) is 0.308. The molecule has 1 saturated heterocycles. The largest absolute Gasteiger partial charge is 0.507 e. The van der Waals surface area contributed by atoms with Crippen molar-refractivity contribution in [1.82, 2.24) is 4.98 Å². The summed E-state index contributed by atoms with van der Waals surface area (Å²) in [5, 5.41) is 13.4. The summed E-state index contributed by atoms with van der Waals surface area (Å²) in [6.45, 7) is 4.61. The van der Waals surface area contributed by atoms with E-state index in [9.17, 15) is 14.7 Å². The lowest BCUT2D eigenvalue weighted by Gasteiger charge is -2.23. The maximum absolute atomic E-state index is 13.1. The number of Topliss-reactive ketones (excluding diaryl/α,β-unsaturated/α-hetero) is 1. The minimum atomic E-state index is -0.771. The lowest BCUT2D eigenvalue weighted by atomic mass is 9.94. The number of ether oxygens (including phenoxy) is 1. The molecule has 1 aliphatic heterocycles. The number of aromatic nitrogens is 1. The van der Waals surface area contributed by atoms with Crippen LogP contribution in [0.25, 0.3) is 5.76 Å². The maximum atomic E-state index is 13.1. The molecule has 3 aromatic rings. The summed E-state index contributed by atoms with van der Waals surface area (Å²) in [5.41, 5.74) is 2.34. The summed E-state index contributed by atoms with van der Waals surface area (Å²) in [5.74, 6) is -1.07. The van der Waals surface area contributed by atoms with E-state index in [1.165, 1.54) is 16.2 Å². The number of rotatable bonds is 7. The van der Waals surface area contributed by atoms with E-state index in [0.717, 1.165) is 24.0 Å². The van der Waals surface area contributed by atoms with E-state index in [1.807, 2.05) is 31.2 Å². The Morgan fingerprint density at radius 1 is 1.16 bits per heavy atom. The van der Waals surface area contributed by atoms with Crippen LogP contribution in [0.15, 0.2) is 65.7 Å². The number of hydrogen-bond donors (Lipinski definition) is 1. The Balaban J connectivity index is 1.86. The maximum Gasteiger partial charge on any atom is 0.301 e. The van der Waals surface area contributed by atoms with Crippen molar-refractivity contribution >= 4 is 33.9 Å². The number of carbonyl (C=O) groups excluding carboxylic acids is 2. The van der Waals surface area contributed by atoms with Gasteiger partial charge in [0, 0.05) is 17.1 Å². The van der Waals surface area contributed by atoms with Gasteiger partial charge in [0.25, 0.3) is 5.78 Å².